The maximum absolute atomic E-state index is 10.2. The number of hydrogen-bond donors (Lipinski definition) is 0. The van der Waals surface area contributed by atoms with Crippen LogP contribution < -0.4 is 0 Å². The minimum Gasteiger partial charge on any atom is -0.211 e. The number of hydrogen-bond acceptors (Lipinski definition) is 2. The van der Waals surface area contributed by atoms with Gasteiger partial charge < -0.3 is 0 Å². The summed E-state index contributed by atoms with van der Waals surface area (Å²) < 4.78 is 0.998. The summed E-state index contributed by atoms with van der Waals surface area (Å²) in [6, 6.07) is 11.4. The molecule has 0 atom stereocenters. The minimum atomic E-state index is 0.652. The second kappa shape index (κ2) is 3.74. The van der Waals surface area contributed by atoms with Gasteiger partial charge in [0, 0.05) is 9.86 Å². The number of carbonyl (C=O) groups excluding carboxylic acids is 1. The molecule has 2 rings (SSSR count). The number of aliphatic imine (C=N–C) groups is 1. The lowest BCUT2D eigenvalue weighted by Crippen LogP contribution is -1.75. The number of nitrogens with zero attached hydrogens (tertiary/aromatic N) is 1. The Morgan fingerprint density at radius 3 is 2.50 bits per heavy atom. The minimum absolute atomic E-state index is 0.652. The van der Waals surface area contributed by atoms with Gasteiger partial charge in [0.05, 0.1) is 5.69 Å². The van der Waals surface area contributed by atoms with E-state index in [0.29, 0.717) is 5.69 Å². The van der Waals surface area contributed by atoms with Gasteiger partial charge in [-0.3, -0.25) is 0 Å². The number of halogens is 1. The Bertz CT molecular complexity index is 530. The van der Waals surface area contributed by atoms with Crippen molar-refractivity contribution in [3.8, 4) is 0 Å². The molecule has 0 saturated carbocycles. The first-order valence-electron chi connectivity index (χ1n) is 4.08. The average molecular weight is 248 g/mol. The highest BCUT2D eigenvalue weighted by Gasteiger charge is 2.01. The third-order valence-electron chi connectivity index (χ3n) is 2.01. The molecule has 0 saturated heterocycles. The van der Waals surface area contributed by atoms with E-state index >= 15 is 0 Å². The van der Waals surface area contributed by atoms with E-state index in [9.17, 15) is 4.79 Å². The van der Waals surface area contributed by atoms with Gasteiger partial charge in [-0.25, -0.2) is 4.79 Å². The third kappa shape index (κ3) is 1.48. The van der Waals surface area contributed by atoms with E-state index in [1.165, 1.54) is 0 Å². The van der Waals surface area contributed by atoms with Crippen LogP contribution in [0.5, 0.6) is 0 Å². The average Bonchev–Trinajstić information content (AvgIpc) is 2.23. The standard InChI is InChI=1S/C11H6BrNO/c12-10-5-6-11(13-7-14)9-4-2-1-3-8(9)10/h1-6H. The Hall–Kier alpha value is -1.44. The molecule has 0 radical (unpaired) electrons. The molecule has 0 fully saturated rings. The van der Waals surface area contributed by atoms with Crippen LogP contribution in [0.1, 0.15) is 0 Å². The summed E-state index contributed by atoms with van der Waals surface area (Å²) in [6.45, 7) is 0. The molecule has 3 heteroatoms. The van der Waals surface area contributed by atoms with Gasteiger partial charge in [0.2, 0.25) is 6.08 Å². The van der Waals surface area contributed by atoms with Crippen molar-refractivity contribution in [3.63, 3.8) is 0 Å². The Morgan fingerprint density at radius 2 is 1.79 bits per heavy atom. The van der Waals surface area contributed by atoms with Crippen LogP contribution in [0.25, 0.3) is 10.8 Å². The van der Waals surface area contributed by atoms with Crippen LogP contribution >= 0.6 is 15.9 Å². The van der Waals surface area contributed by atoms with E-state index in [1.807, 2.05) is 30.3 Å². The summed E-state index contributed by atoms with van der Waals surface area (Å²) in [6.07, 6.45) is 1.56. The monoisotopic (exact) mass is 247 g/mol. The molecule has 14 heavy (non-hydrogen) atoms. The van der Waals surface area contributed by atoms with E-state index < -0.39 is 0 Å². The molecule has 0 N–H and O–H groups in total. The van der Waals surface area contributed by atoms with Crippen molar-refractivity contribution >= 4 is 38.5 Å². The van der Waals surface area contributed by atoms with Crippen LogP contribution in [-0.4, -0.2) is 6.08 Å². The molecule has 0 aliphatic heterocycles. The highest BCUT2D eigenvalue weighted by atomic mass is 79.9. The SMILES string of the molecule is O=C=Nc1ccc(Br)c2ccccc12. The van der Waals surface area contributed by atoms with Gasteiger partial charge in [0.15, 0.2) is 0 Å². The summed E-state index contributed by atoms with van der Waals surface area (Å²) in [7, 11) is 0. The van der Waals surface area contributed by atoms with Gasteiger partial charge >= 0.3 is 0 Å². The van der Waals surface area contributed by atoms with Crippen molar-refractivity contribution in [2.24, 2.45) is 4.99 Å². The molecule has 0 unspecified atom stereocenters. The smallest absolute Gasteiger partial charge is 0.211 e. The number of rotatable bonds is 1. The van der Waals surface area contributed by atoms with Crippen molar-refractivity contribution in [1.82, 2.24) is 0 Å². The Kier molecular flexibility index (Phi) is 2.44. The van der Waals surface area contributed by atoms with Crippen LogP contribution in [0.4, 0.5) is 5.69 Å². The lowest BCUT2D eigenvalue weighted by molar-refractivity contribution is 0.565. The second-order valence-electron chi connectivity index (χ2n) is 2.82. The summed E-state index contributed by atoms with van der Waals surface area (Å²) in [5.74, 6) is 0. The van der Waals surface area contributed by atoms with Crippen molar-refractivity contribution in [2.45, 2.75) is 0 Å². The van der Waals surface area contributed by atoms with Crippen LogP contribution in [-0.2, 0) is 4.79 Å². The predicted molar refractivity (Wildman–Crippen MR) is 59.4 cm³/mol. The highest BCUT2D eigenvalue weighted by Crippen LogP contribution is 2.31. The maximum Gasteiger partial charge on any atom is 0.240 e. The van der Waals surface area contributed by atoms with E-state index in [0.717, 1.165) is 15.2 Å². The van der Waals surface area contributed by atoms with Crippen molar-refractivity contribution in [1.29, 1.82) is 0 Å². The fourth-order valence-electron chi connectivity index (χ4n) is 1.39. The summed E-state index contributed by atoms with van der Waals surface area (Å²) >= 11 is 3.44. The van der Waals surface area contributed by atoms with Gasteiger partial charge in [-0.05, 0) is 17.5 Å². The number of fused-ring (bicyclic) bond motifs is 1. The van der Waals surface area contributed by atoms with Crippen LogP contribution in [0, 0.1) is 0 Å². The maximum atomic E-state index is 10.2. The molecule has 2 nitrogen and oxygen atoms in total. The summed E-state index contributed by atoms with van der Waals surface area (Å²) in [4.78, 5) is 13.8. The van der Waals surface area contributed by atoms with Crippen LogP contribution in [0.15, 0.2) is 45.9 Å². The topological polar surface area (TPSA) is 29.4 Å². The van der Waals surface area contributed by atoms with Gasteiger partial charge in [0.1, 0.15) is 0 Å². The van der Waals surface area contributed by atoms with Gasteiger partial charge in [-0.15, -0.1) is 0 Å². The van der Waals surface area contributed by atoms with Crippen molar-refractivity contribution in [3.05, 3.63) is 40.9 Å². The molecule has 0 bridgehead atoms. The summed E-state index contributed by atoms with van der Waals surface area (Å²) in [5.41, 5.74) is 0.652. The Morgan fingerprint density at radius 1 is 1.07 bits per heavy atom. The van der Waals surface area contributed by atoms with E-state index in [2.05, 4.69) is 20.9 Å². The molecule has 0 amide bonds. The molecule has 68 valence electrons. The number of isocyanates is 1. The first-order chi connectivity index (χ1) is 6.83. The molecule has 2 aromatic rings. The molecule has 0 spiro atoms. The quantitative estimate of drug-likeness (QED) is 0.560. The van der Waals surface area contributed by atoms with Gasteiger partial charge in [-0.2, -0.15) is 4.99 Å². The fraction of sp³-hybridized carbons (Fsp3) is 0. The molecular weight excluding hydrogens is 242 g/mol. The predicted octanol–water partition coefficient (Wildman–Crippen LogP) is 3.57. The van der Waals surface area contributed by atoms with E-state index in [1.54, 1.807) is 12.1 Å². The zero-order valence-electron chi connectivity index (χ0n) is 7.20. The van der Waals surface area contributed by atoms with Gasteiger partial charge in [0.25, 0.3) is 0 Å². The number of benzene rings is 2. The Balaban J connectivity index is 2.88. The molecule has 0 aromatic heterocycles. The zero-order valence-corrected chi connectivity index (χ0v) is 8.78. The molecule has 2 aromatic carbocycles. The molecule has 0 heterocycles. The second-order valence-corrected chi connectivity index (χ2v) is 3.67. The lowest BCUT2D eigenvalue weighted by atomic mass is 10.1. The summed E-state index contributed by atoms with van der Waals surface area (Å²) in [5, 5.41) is 1.99. The van der Waals surface area contributed by atoms with Crippen LogP contribution in [0.3, 0.4) is 0 Å². The third-order valence-corrected chi connectivity index (χ3v) is 2.71. The largest absolute Gasteiger partial charge is 0.240 e. The molecule has 0 aliphatic rings. The van der Waals surface area contributed by atoms with Crippen molar-refractivity contribution in [2.75, 3.05) is 0 Å². The zero-order chi connectivity index (χ0) is 9.97. The van der Waals surface area contributed by atoms with Crippen LogP contribution in [0.2, 0.25) is 0 Å². The normalized spacial score (nSPS) is 9.79. The molecule has 0 aliphatic carbocycles. The van der Waals surface area contributed by atoms with Gasteiger partial charge in [-0.1, -0.05) is 40.2 Å². The molecular formula is C11H6BrNO. The van der Waals surface area contributed by atoms with E-state index in [-0.39, 0.29) is 0 Å². The van der Waals surface area contributed by atoms with Crippen molar-refractivity contribution < 1.29 is 4.79 Å². The first kappa shape index (κ1) is 9.13. The fourth-order valence-corrected chi connectivity index (χ4v) is 1.87. The highest BCUT2D eigenvalue weighted by molar-refractivity contribution is 9.10. The Labute approximate surface area is 89.4 Å². The van der Waals surface area contributed by atoms with E-state index in [4.69, 9.17) is 0 Å². The lowest BCUT2D eigenvalue weighted by Gasteiger charge is -2.01. The first-order valence-corrected chi connectivity index (χ1v) is 4.87.